The van der Waals surface area contributed by atoms with Crippen molar-refractivity contribution in [2.75, 3.05) is 6.61 Å². The minimum absolute atomic E-state index is 0.199. The van der Waals surface area contributed by atoms with E-state index in [1.165, 1.54) is 33.4 Å². The van der Waals surface area contributed by atoms with Crippen LogP contribution in [-0.2, 0) is 6.42 Å². The van der Waals surface area contributed by atoms with Crippen LogP contribution in [0.25, 0.3) is 5.57 Å². The van der Waals surface area contributed by atoms with Crippen LogP contribution in [0.3, 0.4) is 0 Å². The van der Waals surface area contributed by atoms with Crippen LogP contribution in [0.4, 0.5) is 0 Å². The zero-order chi connectivity index (χ0) is 21.6. The molecule has 29 heavy (non-hydrogen) atoms. The molecule has 0 saturated heterocycles. The van der Waals surface area contributed by atoms with Crippen LogP contribution in [0.2, 0.25) is 0 Å². The van der Waals surface area contributed by atoms with Crippen molar-refractivity contribution < 1.29 is 9.84 Å². The van der Waals surface area contributed by atoms with Gasteiger partial charge >= 0.3 is 0 Å². The topological polar surface area (TPSA) is 29.5 Å². The van der Waals surface area contributed by atoms with Crippen molar-refractivity contribution in [3.05, 3.63) is 88.0 Å². The van der Waals surface area contributed by atoms with E-state index in [4.69, 9.17) is 4.74 Å². The van der Waals surface area contributed by atoms with Gasteiger partial charge in [-0.3, -0.25) is 0 Å². The van der Waals surface area contributed by atoms with Crippen molar-refractivity contribution >= 4 is 5.57 Å². The number of benzene rings is 2. The summed E-state index contributed by atoms with van der Waals surface area (Å²) in [6.45, 7) is 17.5. The number of rotatable bonds is 8. The molecule has 2 aromatic rings. The van der Waals surface area contributed by atoms with Crippen LogP contribution < -0.4 is 4.74 Å². The minimum atomic E-state index is 0.199. The average Bonchev–Trinajstić information content (AvgIpc) is 2.67. The fourth-order valence-corrected chi connectivity index (χ4v) is 3.52. The van der Waals surface area contributed by atoms with Crippen LogP contribution >= 0.6 is 0 Å². The van der Waals surface area contributed by atoms with Crippen molar-refractivity contribution in [2.45, 2.75) is 54.4 Å². The monoisotopic (exact) mass is 390 g/mol. The van der Waals surface area contributed by atoms with E-state index in [9.17, 15) is 5.11 Å². The summed E-state index contributed by atoms with van der Waals surface area (Å²) in [6.07, 6.45) is 3.94. The fourth-order valence-electron chi connectivity index (χ4n) is 3.52. The highest BCUT2D eigenvalue weighted by atomic mass is 16.5. The normalized spacial score (nSPS) is 12.6. The van der Waals surface area contributed by atoms with Crippen LogP contribution in [0, 0.1) is 13.8 Å². The molecule has 0 aliphatic heterocycles. The predicted octanol–water partition coefficient (Wildman–Crippen LogP) is 7.34. The Morgan fingerprint density at radius 3 is 2.41 bits per heavy atom. The summed E-state index contributed by atoms with van der Waals surface area (Å²) >= 11 is 0. The summed E-state index contributed by atoms with van der Waals surface area (Å²) in [5.41, 5.74) is 9.82. The fraction of sp³-hybridized carbons (Fsp3) is 0.333. The van der Waals surface area contributed by atoms with Gasteiger partial charge in [0, 0.05) is 0 Å². The van der Waals surface area contributed by atoms with Crippen LogP contribution in [-0.4, -0.2) is 11.7 Å². The quantitative estimate of drug-likeness (QED) is 0.478. The Hall–Kier alpha value is -2.74. The van der Waals surface area contributed by atoms with Crippen LogP contribution in [0.15, 0.2) is 65.8 Å². The zero-order valence-corrected chi connectivity index (χ0v) is 18.7. The molecule has 0 heterocycles. The molecule has 0 aliphatic rings. The second-order valence-electron chi connectivity index (χ2n) is 7.79. The van der Waals surface area contributed by atoms with Gasteiger partial charge in [-0.05, 0) is 99.9 Å². The van der Waals surface area contributed by atoms with Gasteiger partial charge in [0.15, 0.2) is 11.5 Å². The first-order valence-corrected chi connectivity index (χ1v) is 10.3. The van der Waals surface area contributed by atoms with Gasteiger partial charge in [0.25, 0.3) is 0 Å². The largest absolute Gasteiger partial charge is 0.504 e. The third-order valence-corrected chi connectivity index (χ3v) is 5.40. The third-order valence-electron chi connectivity index (χ3n) is 5.40. The van der Waals surface area contributed by atoms with E-state index in [1.54, 1.807) is 6.07 Å². The standard InChI is InChI=1S/C27H34O2/c1-8-29-27-14-12-24(17-26(27)28)11-10-19(3)23(7)20(4)16-22(6)25-13-9-18(2)15-21(25)5/h9,12-17,28H,3,8,10-11H2,1-2,4-7H3/b22-16+,23-20+. The van der Waals surface area contributed by atoms with Gasteiger partial charge in [0.1, 0.15) is 0 Å². The van der Waals surface area contributed by atoms with Crippen molar-refractivity contribution in [2.24, 2.45) is 0 Å². The second kappa shape index (κ2) is 10.2. The Balaban J connectivity index is 2.09. The smallest absolute Gasteiger partial charge is 0.160 e. The molecule has 0 aliphatic carbocycles. The highest BCUT2D eigenvalue weighted by molar-refractivity contribution is 5.69. The van der Waals surface area contributed by atoms with E-state index >= 15 is 0 Å². The Kier molecular flexibility index (Phi) is 7.90. The SMILES string of the molecule is C=C(CCc1ccc(OCC)c(O)c1)/C(C)=C(C)/C=C(\C)c1ccc(C)cc1C. The predicted molar refractivity (Wildman–Crippen MR) is 125 cm³/mol. The second-order valence-corrected chi connectivity index (χ2v) is 7.79. The van der Waals surface area contributed by atoms with Gasteiger partial charge in [-0.15, -0.1) is 0 Å². The van der Waals surface area contributed by atoms with Gasteiger partial charge in [-0.2, -0.15) is 0 Å². The lowest BCUT2D eigenvalue weighted by Crippen LogP contribution is -1.95. The molecule has 154 valence electrons. The highest BCUT2D eigenvalue weighted by Gasteiger charge is 2.07. The number of phenolic OH excluding ortho intramolecular Hbond substituents is 1. The maximum Gasteiger partial charge on any atom is 0.160 e. The first-order valence-electron chi connectivity index (χ1n) is 10.3. The first kappa shape index (κ1) is 22.5. The van der Waals surface area contributed by atoms with Gasteiger partial charge in [0.2, 0.25) is 0 Å². The molecule has 0 aromatic heterocycles. The summed E-state index contributed by atoms with van der Waals surface area (Å²) in [7, 11) is 0. The molecule has 0 unspecified atom stereocenters. The Labute approximate surface area is 176 Å². The maximum absolute atomic E-state index is 10.1. The number of aromatic hydroxyl groups is 1. The molecule has 0 radical (unpaired) electrons. The summed E-state index contributed by atoms with van der Waals surface area (Å²) in [5.74, 6) is 0.736. The summed E-state index contributed by atoms with van der Waals surface area (Å²) in [4.78, 5) is 0. The molecule has 1 N–H and O–H groups in total. The Morgan fingerprint density at radius 2 is 1.79 bits per heavy atom. The third kappa shape index (κ3) is 6.12. The van der Waals surface area contributed by atoms with Crippen LogP contribution in [0.5, 0.6) is 11.5 Å². The molecule has 0 atom stereocenters. The number of hydrogen-bond donors (Lipinski definition) is 1. The van der Waals surface area contributed by atoms with Gasteiger partial charge < -0.3 is 9.84 Å². The summed E-state index contributed by atoms with van der Waals surface area (Å²) < 4.78 is 5.39. The highest BCUT2D eigenvalue weighted by Crippen LogP contribution is 2.29. The molecule has 2 aromatic carbocycles. The van der Waals surface area contributed by atoms with Gasteiger partial charge in [-0.1, -0.05) is 48.1 Å². The molecular weight excluding hydrogens is 356 g/mol. The first-order chi connectivity index (χ1) is 13.7. The molecule has 0 saturated carbocycles. The average molecular weight is 391 g/mol. The van der Waals surface area contributed by atoms with Crippen molar-refractivity contribution in [3.63, 3.8) is 0 Å². The van der Waals surface area contributed by atoms with E-state index in [-0.39, 0.29) is 5.75 Å². The number of hydrogen-bond acceptors (Lipinski definition) is 2. The lowest BCUT2D eigenvalue weighted by Gasteiger charge is -2.12. The lowest BCUT2D eigenvalue weighted by atomic mass is 9.94. The van der Waals surface area contributed by atoms with Gasteiger partial charge in [0.05, 0.1) is 6.61 Å². The van der Waals surface area contributed by atoms with E-state index in [2.05, 4.69) is 65.5 Å². The number of ether oxygens (including phenoxy) is 1. The minimum Gasteiger partial charge on any atom is -0.504 e. The Morgan fingerprint density at radius 1 is 1.07 bits per heavy atom. The molecule has 0 bridgehead atoms. The van der Waals surface area contributed by atoms with E-state index < -0.39 is 0 Å². The number of phenols is 1. The summed E-state index contributed by atoms with van der Waals surface area (Å²) in [5, 5.41) is 10.1. The number of aryl methyl sites for hydroxylation is 3. The van der Waals surface area contributed by atoms with E-state index in [0.717, 1.165) is 24.0 Å². The molecular formula is C27H34O2. The van der Waals surface area contributed by atoms with Gasteiger partial charge in [-0.25, -0.2) is 0 Å². The van der Waals surface area contributed by atoms with Crippen LogP contribution in [0.1, 0.15) is 56.4 Å². The molecule has 2 rings (SSSR count). The van der Waals surface area contributed by atoms with Crippen molar-refractivity contribution in [1.82, 2.24) is 0 Å². The molecule has 2 heteroatoms. The summed E-state index contributed by atoms with van der Waals surface area (Å²) in [6, 6.07) is 12.2. The molecule has 0 spiro atoms. The molecule has 2 nitrogen and oxygen atoms in total. The van der Waals surface area contributed by atoms with Crippen molar-refractivity contribution in [1.29, 1.82) is 0 Å². The molecule has 0 fully saturated rings. The Bertz CT molecular complexity index is 945. The van der Waals surface area contributed by atoms with Crippen molar-refractivity contribution in [3.8, 4) is 11.5 Å². The lowest BCUT2D eigenvalue weighted by molar-refractivity contribution is 0.318. The molecule has 0 amide bonds. The zero-order valence-electron chi connectivity index (χ0n) is 18.7. The number of allylic oxidation sites excluding steroid dienone is 5. The maximum atomic E-state index is 10.1. The van der Waals surface area contributed by atoms with E-state index in [1.807, 2.05) is 19.1 Å². The van der Waals surface area contributed by atoms with E-state index in [0.29, 0.717) is 12.4 Å².